The second kappa shape index (κ2) is 10.4. The number of methoxy groups -OCH3 is 1. The number of aromatic nitrogens is 1. The molecule has 0 saturated heterocycles. The number of nitrogens with one attached hydrogen (secondary N) is 1. The first-order valence-corrected chi connectivity index (χ1v) is 11.4. The molecule has 1 N–H and O–H groups in total. The maximum atomic E-state index is 12.5. The first-order valence-electron chi connectivity index (χ1n) is 10.5. The third-order valence-electron chi connectivity index (χ3n) is 5.03. The van der Waals surface area contributed by atoms with Gasteiger partial charge in [0.05, 0.1) is 12.8 Å². The van der Waals surface area contributed by atoms with Crippen LogP contribution in [-0.2, 0) is 11.2 Å². The van der Waals surface area contributed by atoms with Crippen molar-refractivity contribution in [2.24, 2.45) is 0 Å². The first kappa shape index (κ1) is 22.8. The molecule has 31 heavy (non-hydrogen) atoms. The number of amides is 1. The second-order valence-corrected chi connectivity index (χ2v) is 8.73. The molecule has 1 aromatic heterocycles. The van der Waals surface area contributed by atoms with Crippen LogP contribution in [0.2, 0.25) is 0 Å². The fourth-order valence-corrected chi connectivity index (χ4v) is 4.07. The van der Waals surface area contributed by atoms with Crippen LogP contribution >= 0.6 is 11.3 Å². The summed E-state index contributed by atoms with van der Waals surface area (Å²) in [6.07, 6.45) is 0.108. The molecule has 0 aliphatic heterocycles. The van der Waals surface area contributed by atoms with Crippen LogP contribution in [0.5, 0.6) is 11.5 Å². The molecule has 0 fully saturated rings. The lowest BCUT2D eigenvalue weighted by Crippen LogP contribution is -2.37. The van der Waals surface area contributed by atoms with Crippen molar-refractivity contribution in [2.45, 2.75) is 46.1 Å². The number of hydrogen-bond donors (Lipinski definition) is 1. The van der Waals surface area contributed by atoms with Gasteiger partial charge in [-0.05, 0) is 61.2 Å². The Morgan fingerprint density at radius 3 is 2.55 bits per heavy atom. The molecule has 5 nitrogen and oxygen atoms in total. The Bertz CT molecular complexity index is 1010. The molecule has 1 unspecified atom stereocenters. The van der Waals surface area contributed by atoms with Gasteiger partial charge in [-0.15, -0.1) is 11.3 Å². The summed E-state index contributed by atoms with van der Waals surface area (Å²) >= 11 is 1.60. The fraction of sp³-hybridized carbons (Fsp3) is 0.360. The maximum Gasteiger partial charge on any atom is 0.260 e. The number of hydrogen-bond acceptors (Lipinski definition) is 5. The van der Waals surface area contributed by atoms with E-state index in [4.69, 9.17) is 9.47 Å². The standard InChI is InChI=1S/C25H30N2O3S/c1-16(2)22-11-6-17(3)14-23(22)30-18(4)24(28)26-13-12-20-15-31-25(27-20)19-7-9-21(29-5)10-8-19/h6-11,14-16,18H,12-13H2,1-5H3,(H,26,28). The van der Waals surface area contributed by atoms with Crippen LogP contribution in [0.3, 0.4) is 0 Å². The minimum absolute atomic E-state index is 0.123. The molecule has 3 rings (SSSR count). The number of carbonyl (C=O) groups is 1. The fourth-order valence-electron chi connectivity index (χ4n) is 3.21. The quantitative estimate of drug-likeness (QED) is 0.487. The average Bonchev–Trinajstić information content (AvgIpc) is 3.22. The molecule has 1 atom stereocenters. The lowest BCUT2D eigenvalue weighted by molar-refractivity contribution is -0.127. The molecule has 0 radical (unpaired) electrons. The van der Waals surface area contributed by atoms with Gasteiger partial charge >= 0.3 is 0 Å². The van der Waals surface area contributed by atoms with Gasteiger partial charge in [-0.25, -0.2) is 4.98 Å². The van der Waals surface area contributed by atoms with Gasteiger partial charge < -0.3 is 14.8 Å². The maximum absolute atomic E-state index is 12.5. The van der Waals surface area contributed by atoms with Crippen molar-refractivity contribution in [3.8, 4) is 22.1 Å². The van der Waals surface area contributed by atoms with Gasteiger partial charge in [0, 0.05) is 23.9 Å². The Morgan fingerprint density at radius 2 is 1.87 bits per heavy atom. The highest BCUT2D eigenvalue weighted by molar-refractivity contribution is 7.13. The van der Waals surface area contributed by atoms with E-state index in [1.54, 1.807) is 25.4 Å². The van der Waals surface area contributed by atoms with Gasteiger partial charge in [0.1, 0.15) is 16.5 Å². The topological polar surface area (TPSA) is 60.5 Å². The summed E-state index contributed by atoms with van der Waals surface area (Å²) in [6, 6.07) is 14.0. The van der Waals surface area contributed by atoms with Crippen molar-refractivity contribution in [1.29, 1.82) is 0 Å². The third-order valence-corrected chi connectivity index (χ3v) is 5.97. The van der Waals surface area contributed by atoms with Crippen molar-refractivity contribution >= 4 is 17.2 Å². The Balaban J connectivity index is 1.52. The summed E-state index contributed by atoms with van der Waals surface area (Å²) in [4.78, 5) is 17.2. The number of nitrogens with zero attached hydrogens (tertiary/aromatic N) is 1. The Labute approximate surface area is 188 Å². The van der Waals surface area contributed by atoms with Crippen LogP contribution < -0.4 is 14.8 Å². The van der Waals surface area contributed by atoms with Crippen LogP contribution in [0, 0.1) is 6.92 Å². The highest BCUT2D eigenvalue weighted by Crippen LogP contribution is 2.28. The minimum Gasteiger partial charge on any atom is -0.497 e. The zero-order valence-corrected chi connectivity index (χ0v) is 19.6. The van der Waals surface area contributed by atoms with Gasteiger partial charge in [0.25, 0.3) is 5.91 Å². The smallest absolute Gasteiger partial charge is 0.260 e. The Morgan fingerprint density at radius 1 is 1.13 bits per heavy atom. The molecular weight excluding hydrogens is 408 g/mol. The number of thiazole rings is 1. The van der Waals surface area contributed by atoms with E-state index in [1.807, 2.05) is 42.6 Å². The molecule has 0 bridgehead atoms. The van der Waals surface area contributed by atoms with E-state index < -0.39 is 6.10 Å². The molecule has 164 valence electrons. The van der Waals surface area contributed by atoms with Gasteiger partial charge in [-0.1, -0.05) is 26.0 Å². The third kappa shape index (κ3) is 6.07. The molecule has 0 spiro atoms. The summed E-state index contributed by atoms with van der Waals surface area (Å²) in [5.41, 5.74) is 4.25. The highest BCUT2D eigenvalue weighted by Gasteiger charge is 2.17. The van der Waals surface area contributed by atoms with Crippen LogP contribution in [0.25, 0.3) is 10.6 Å². The van der Waals surface area contributed by atoms with Gasteiger partial charge in [0.2, 0.25) is 0 Å². The van der Waals surface area contributed by atoms with Gasteiger partial charge in [-0.3, -0.25) is 4.79 Å². The molecule has 0 aliphatic rings. The van der Waals surface area contributed by atoms with Gasteiger partial charge in [-0.2, -0.15) is 0 Å². The first-order chi connectivity index (χ1) is 14.9. The lowest BCUT2D eigenvalue weighted by Gasteiger charge is -2.19. The summed E-state index contributed by atoms with van der Waals surface area (Å²) in [7, 11) is 1.65. The van der Waals surface area contributed by atoms with Crippen molar-refractivity contribution in [3.63, 3.8) is 0 Å². The monoisotopic (exact) mass is 438 g/mol. The number of carbonyl (C=O) groups excluding carboxylic acids is 1. The average molecular weight is 439 g/mol. The minimum atomic E-state index is -0.565. The van der Waals surface area contributed by atoms with Crippen LogP contribution in [0.15, 0.2) is 47.8 Å². The lowest BCUT2D eigenvalue weighted by atomic mass is 10.0. The molecular formula is C25H30N2O3S. The molecule has 2 aromatic carbocycles. The van der Waals surface area contributed by atoms with Crippen molar-refractivity contribution in [1.82, 2.24) is 10.3 Å². The van der Waals surface area contributed by atoms with Crippen LogP contribution in [-0.4, -0.2) is 30.6 Å². The normalized spacial score (nSPS) is 11.9. The number of rotatable bonds is 9. The molecule has 0 aliphatic carbocycles. The van der Waals surface area contributed by atoms with Crippen LogP contribution in [0.4, 0.5) is 0 Å². The van der Waals surface area contributed by atoms with E-state index in [9.17, 15) is 4.79 Å². The molecule has 3 aromatic rings. The van der Waals surface area contributed by atoms with Crippen molar-refractivity contribution < 1.29 is 14.3 Å². The van der Waals surface area contributed by atoms with E-state index in [-0.39, 0.29) is 5.91 Å². The Hall–Kier alpha value is -2.86. The number of benzene rings is 2. The highest BCUT2D eigenvalue weighted by atomic mass is 32.1. The van der Waals surface area contributed by atoms with Crippen LogP contribution in [0.1, 0.15) is 43.5 Å². The summed E-state index contributed by atoms with van der Waals surface area (Å²) in [5, 5.41) is 5.96. The van der Waals surface area contributed by atoms with E-state index in [0.29, 0.717) is 18.9 Å². The Kier molecular flexibility index (Phi) is 7.69. The van der Waals surface area contributed by atoms with E-state index in [0.717, 1.165) is 38.9 Å². The SMILES string of the molecule is COc1ccc(-c2nc(CCNC(=O)C(C)Oc3cc(C)ccc3C(C)C)cs2)cc1. The molecule has 0 saturated carbocycles. The zero-order valence-electron chi connectivity index (χ0n) is 18.8. The van der Waals surface area contributed by atoms with E-state index in [1.165, 1.54) is 0 Å². The van der Waals surface area contributed by atoms with Crippen molar-refractivity contribution in [2.75, 3.05) is 13.7 Å². The summed E-state index contributed by atoms with van der Waals surface area (Å²) < 4.78 is 11.2. The zero-order chi connectivity index (χ0) is 22.4. The molecule has 1 amide bonds. The molecule has 6 heteroatoms. The largest absolute Gasteiger partial charge is 0.497 e. The number of aryl methyl sites for hydroxylation is 1. The summed E-state index contributed by atoms with van der Waals surface area (Å²) in [5.74, 6) is 1.81. The summed E-state index contributed by atoms with van der Waals surface area (Å²) in [6.45, 7) is 8.57. The predicted octanol–water partition coefficient (Wildman–Crippen LogP) is 5.38. The second-order valence-electron chi connectivity index (χ2n) is 7.87. The van der Waals surface area contributed by atoms with Gasteiger partial charge in [0.15, 0.2) is 6.10 Å². The van der Waals surface area contributed by atoms with E-state index >= 15 is 0 Å². The van der Waals surface area contributed by atoms with E-state index in [2.05, 4.69) is 36.3 Å². The predicted molar refractivity (Wildman–Crippen MR) is 126 cm³/mol. The number of ether oxygens (including phenoxy) is 2. The molecule has 1 heterocycles. The van der Waals surface area contributed by atoms with Crippen molar-refractivity contribution in [3.05, 3.63) is 64.7 Å².